The van der Waals surface area contributed by atoms with E-state index in [4.69, 9.17) is 10.5 Å². The van der Waals surface area contributed by atoms with Crippen molar-refractivity contribution in [1.29, 1.82) is 0 Å². The molecule has 106 valence electrons. The number of nitrogens with zero attached hydrogens (tertiary/aromatic N) is 2. The van der Waals surface area contributed by atoms with E-state index >= 15 is 0 Å². The van der Waals surface area contributed by atoms with Crippen LogP contribution in [0.25, 0.3) is 0 Å². The largest absolute Gasteiger partial charge is 0.383 e. The molecule has 2 bridgehead atoms. The molecule has 0 amide bonds. The zero-order valence-electron chi connectivity index (χ0n) is 12.2. The summed E-state index contributed by atoms with van der Waals surface area (Å²) in [5.41, 5.74) is 6.44. The maximum Gasteiger partial charge on any atom is 0.0615 e. The van der Waals surface area contributed by atoms with E-state index in [1.807, 2.05) is 0 Å². The Balaban J connectivity index is 2.18. The van der Waals surface area contributed by atoms with Crippen molar-refractivity contribution in [3.8, 4) is 0 Å². The van der Waals surface area contributed by atoms with Gasteiger partial charge in [-0.05, 0) is 45.3 Å². The summed E-state index contributed by atoms with van der Waals surface area (Å²) in [5.74, 6) is 0.746. The van der Waals surface area contributed by atoms with Gasteiger partial charge in [-0.1, -0.05) is 6.92 Å². The van der Waals surface area contributed by atoms with Gasteiger partial charge in [0.1, 0.15) is 0 Å². The van der Waals surface area contributed by atoms with Crippen molar-refractivity contribution < 1.29 is 4.74 Å². The molecule has 18 heavy (non-hydrogen) atoms. The Hall–Kier alpha value is -0.160. The zero-order valence-corrected chi connectivity index (χ0v) is 12.2. The summed E-state index contributed by atoms with van der Waals surface area (Å²) in [5, 5.41) is 0. The van der Waals surface area contributed by atoms with Crippen LogP contribution in [0, 0.1) is 5.92 Å². The maximum absolute atomic E-state index is 6.23. The van der Waals surface area contributed by atoms with Crippen LogP contribution in [-0.4, -0.2) is 67.8 Å². The summed E-state index contributed by atoms with van der Waals surface area (Å²) in [6, 6.07) is 0.454. The topological polar surface area (TPSA) is 41.7 Å². The number of fused-ring (bicyclic) bond motifs is 2. The molecule has 4 atom stereocenters. The molecule has 0 radical (unpaired) electrons. The van der Waals surface area contributed by atoms with Crippen molar-refractivity contribution in [1.82, 2.24) is 9.80 Å². The lowest BCUT2D eigenvalue weighted by molar-refractivity contribution is -0.0336. The Labute approximate surface area is 111 Å². The van der Waals surface area contributed by atoms with Gasteiger partial charge in [0, 0.05) is 31.8 Å². The number of likely N-dealkylation sites (N-methyl/N-ethyl adjacent to an activating group) is 1. The van der Waals surface area contributed by atoms with E-state index in [2.05, 4.69) is 23.6 Å². The van der Waals surface area contributed by atoms with Gasteiger partial charge in [0.25, 0.3) is 0 Å². The first-order valence-electron chi connectivity index (χ1n) is 7.36. The minimum Gasteiger partial charge on any atom is -0.383 e. The monoisotopic (exact) mass is 255 g/mol. The van der Waals surface area contributed by atoms with Gasteiger partial charge in [0.05, 0.1) is 6.61 Å². The van der Waals surface area contributed by atoms with Gasteiger partial charge in [0.15, 0.2) is 0 Å². The van der Waals surface area contributed by atoms with Crippen molar-refractivity contribution in [2.75, 3.05) is 46.4 Å². The lowest BCUT2D eigenvalue weighted by Crippen LogP contribution is -2.64. The number of hydrogen-bond donors (Lipinski definition) is 1. The Kier molecular flexibility index (Phi) is 4.64. The normalized spacial score (nSPS) is 37.2. The van der Waals surface area contributed by atoms with Gasteiger partial charge in [-0.3, -0.25) is 4.90 Å². The van der Waals surface area contributed by atoms with Crippen molar-refractivity contribution in [3.05, 3.63) is 0 Å². The van der Waals surface area contributed by atoms with Crippen LogP contribution in [0.2, 0.25) is 0 Å². The molecule has 2 aliphatic rings. The summed E-state index contributed by atoms with van der Waals surface area (Å²) >= 11 is 0. The number of rotatable bonds is 6. The summed E-state index contributed by atoms with van der Waals surface area (Å²) in [4.78, 5) is 5.21. The fourth-order valence-corrected chi connectivity index (χ4v) is 4.19. The molecule has 4 heteroatoms. The number of nitrogens with two attached hydrogens (primary N) is 1. The molecule has 0 aromatic rings. The van der Waals surface area contributed by atoms with Crippen LogP contribution < -0.4 is 5.73 Å². The second-order valence-corrected chi connectivity index (χ2v) is 5.93. The molecule has 2 aliphatic heterocycles. The van der Waals surface area contributed by atoms with Crippen LogP contribution >= 0.6 is 0 Å². The molecule has 4 nitrogen and oxygen atoms in total. The summed E-state index contributed by atoms with van der Waals surface area (Å²) < 4.78 is 5.35. The Bertz CT molecular complexity index is 274. The van der Waals surface area contributed by atoms with Crippen LogP contribution in [0.4, 0.5) is 0 Å². The maximum atomic E-state index is 6.23. The lowest BCUT2D eigenvalue weighted by atomic mass is 9.76. The molecule has 0 aromatic carbocycles. The average molecular weight is 255 g/mol. The molecular weight excluding hydrogens is 226 g/mol. The van der Waals surface area contributed by atoms with Crippen molar-refractivity contribution in [2.24, 2.45) is 11.7 Å². The van der Waals surface area contributed by atoms with E-state index in [1.165, 1.54) is 32.5 Å². The summed E-state index contributed by atoms with van der Waals surface area (Å²) in [7, 11) is 1.79. The van der Waals surface area contributed by atoms with Crippen molar-refractivity contribution >= 4 is 0 Å². The number of methoxy groups -OCH3 is 1. The first kappa shape index (κ1) is 14.3. The van der Waals surface area contributed by atoms with Gasteiger partial charge in [-0.25, -0.2) is 0 Å². The van der Waals surface area contributed by atoms with Gasteiger partial charge < -0.3 is 15.4 Å². The highest BCUT2D eigenvalue weighted by molar-refractivity contribution is 5.06. The van der Waals surface area contributed by atoms with E-state index in [-0.39, 0.29) is 5.54 Å². The average Bonchev–Trinajstić information content (AvgIpc) is 2.78. The van der Waals surface area contributed by atoms with Crippen LogP contribution in [0.5, 0.6) is 0 Å². The smallest absolute Gasteiger partial charge is 0.0615 e. The first-order chi connectivity index (χ1) is 8.67. The molecule has 2 saturated heterocycles. The van der Waals surface area contributed by atoms with Gasteiger partial charge in [0.2, 0.25) is 0 Å². The molecule has 2 rings (SSSR count). The third-order valence-electron chi connectivity index (χ3n) is 5.10. The molecule has 0 aromatic heterocycles. The van der Waals surface area contributed by atoms with Crippen LogP contribution in [0.15, 0.2) is 0 Å². The van der Waals surface area contributed by atoms with E-state index < -0.39 is 0 Å². The second kappa shape index (κ2) is 5.87. The number of hydrogen-bond acceptors (Lipinski definition) is 4. The highest BCUT2D eigenvalue weighted by Gasteiger charge is 2.49. The Morgan fingerprint density at radius 3 is 2.89 bits per heavy atom. The highest BCUT2D eigenvalue weighted by atomic mass is 16.5. The van der Waals surface area contributed by atoms with E-state index in [0.717, 1.165) is 25.6 Å². The minimum atomic E-state index is 0.208. The third kappa shape index (κ3) is 2.31. The number of piperidine rings is 1. The third-order valence-corrected chi connectivity index (χ3v) is 5.10. The van der Waals surface area contributed by atoms with Gasteiger partial charge >= 0.3 is 0 Å². The highest BCUT2D eigenvalue weighted by Crippen LogP contribution is 2.40. The molecule has 2 fully saturated rings. The molecular formula is C14H29N3O. The summed E-state index contributed by atoms with van der Waals surface area (Å²) in [6.45, 7) is 10.9. The van der Waals surface area contributed by atoms with E-state index in [9.17, 15) is 0 Å². The SMILES string of the molecule is CCN(C(C)COC)C1(CN)CCN2CCC1C2. The van der Waals surface area contributed by atoms with Crippen LogP contribution in [0.1, 0.15) is 26.7 Å². The van der Waals surface area contributed by atoms with Gasteiger partial charge in [-0.2, -0.15) is 0 Å². The quantitative estimate of drug-likeness (QED) is 0.761. The Morgan fingerprint density at radius 1 is 1.50 bits per heavy atom. The Morgan fingerprint density at radius 2 is 2.28 bits per heavy atom. The fourth-order valence-electron chi connectivity index (χ4n) is 4.19. The van der Waals surface area contributed by atoms with Crippen LogP contribution in [-0.2, 0) is 4.74 Å². The zero-order chi connectivity index (χ0) is 13.2. The predicted octanol–water partition coefficient (Wildman–Crippen LogP) is 0.766. The molecule has 4 unspecified atom stereocenters. The second-order valence-electron chi connectivity index (χ2n) is 5.93. The van der Waals surface area contributed by atoms with Crippen molar-refractivity contribution in [2.45, 2.75) is 38.3 Å². The molecule has 2 heterocycles. The fraction of sp³-hybridized carbons (Fsp3) is 1.00. The molecule has 0 saturated carbocycles. The van der Waals surface area contributed by atoms with E-state index in [1.54, 1.807) is 7.11 Å². The van der Waals surface area contributed by atoms with E-state index in [0.29, 0.717) is 6.04 Å². The molecule has 0 aliphatic carbocycles. The van der Waals surface area contributed by atoms with Crippen molar-refractivity contribution in [3.63, 3.8) is 0 Å². The summed E-state index contributed by atoms with van der Waals surface area (Å²) in [6.07, 6.45) is 2.53. The van der Waals surface area contributed by atoms with Crippen LogP contribution in [0.3, 0.4) is 0 Å². The van der Waals surface area contributed by atoms with Gasteiger partial charge in [-0.15, -0.1) is 0 Å². The predicted molar refractivity (Wildman–Crippen MR) is 74.7 cm³/mol. The minimum absolute atomic E-state index is 0.208. The first-order valence-corrected chi connectivity index (χ1v) is 7.36. The lowest BCUT2D eigenvalue weighted by Gasteiger charge is -2.52. The molecule has 0 spiro atoms. The number of ether oxygens (including phenoxy) is 1. The molecule has 2 N–H and O–H groups in total. The standard InChI is InChI=1S/C14H29N3O/c1-4-17(12(2)10-18-3)14(11-15)6-8-16-7-5-13(14)9-16/h12-13H,4-11,15H2,1-3H3.